The van der Waals surface area contributed by atoms with Gasteiger partial charge in [-0.15, -0.1) is 0 Å². The lowest BCUT2D eigenvalue weighted by molar-refractivity contribution is 0.0736. The first-order valence-corrected chi connectivity index (χ1v) is 7.03. The second kappa shape index (κ2) is 5.76. The number of para-hydroxylation sites is 1. The summed E-state index contributed by atoms with van der Waals surface area (Å²) in [6.45, 7) is 1.97. The third-order valence-electron chi connectivity index (χ3n) is 3.37. The molecule has 19 heavy (non-hydrogen) atoms. The largest absolute Gasteiger partial charge is 0.496 e. The molecular formula is C16H17BrO2. The summed E-state index contributed by atoms with van der Waals surface area (Å²) >= 11 is 3.45. The standard InChI is InChI=1S/C16H17BrO2/c1-3-16(18,12-7-6-8-13(17)11-12)14-9-4-5-10-15(14)19-2/h4-11,18H,3H2,1-2H3. The van der Waals surface area contributed by atoms with Crippen molar-refractivity contribution in [3.05, 3.63) is 64.1 Å². The van der Waals surface area contributed by atoms with E-state index in [1.54, 1.807) is 7.11 Å². The van der Waals surface area contributed by atoms with Crippen molar-refractivity contribution in [2.75, 3.05) is 7.11 Å². The predicted molar refractivity (Wildman–Crippen MR) is 80.4 cm³/mol. The summed E-state index contributed by atoms with van der Waals surface area (Å²) in [5.74, 6) is 0.701. The molecule has 0 spiro atoms. The Morgan fingerprint density at radius 3 is 2.53 bits per heavy atom. The Bertz CT molecular complexity index is 568. The van der Waals surface area contributed by atoms with E-state index in [0.717, 1.165) is 15.6 Å². The molecule has 0 aliphatic carbocycles. The highest BCUT2D eigenvalue weighted by Gasteiger charge is 2.32. The number of hydrogen-bond donors (Lipinski definition) is 1. The normalized spacial score (nSPS) is 13.9. The molecule has 2 nitrogen and oxygen atoms in total. The molecule has 0 fully saturated rings. The van der Waals surface area contributed by atoms with Gasteiger partial charge in [-0.2, -0.15) is 0 Å². The van der Waals surface area contributed by atoms with E-state index in [0.29, 0.717) is 12.2 Å². The van der Waals surface area contributed by atoms with E-state index in [1.807, 2.05) is 55.5 Å². The third kappa shape index (κ3) is 2.67. The monoisotopic (exact) mass is 320 g/mol. The summed E-state index contributed by atoms with van der Waals surface area (Å²) in [6.07, 6.45) is 0.573. The molecule has 2 aromatic rings. The number of benzene rings is 2. The van der Waals surface area contributed by atoms with Gasteiger partial charge in [0.05, 0.1) is 7.11 Å². The van der Waals surface area contributed by atoms with Gasteiger partial charge in [-0.05, 0) is 30.2 Å². The maximum atomic E-state index is 11.1. The van der Waals surface area contributed by atoms with Gasteiger partial charge in [0.1, 0.15) is 11.4 Å². The van der Waals surface area contributed by atoms with E-state index >= 15 is 0 Å². The first kappa shape index (κ1) is 14.1. The zero-order chi connectivity index (χ0) is 13.9. The highest BCUT2D eigenvalue weighted by Crippen LogP contribution is 2.38. The zero-order valence-electron chi connectivity index (χ0n) is 11.1. The average molecular weight is 321 g/mol. The van der Waals surface area contributed by atoms with Gasteiger partial charge in [0.2, 0.25) is 0 Å². The molecule has 0 aliphatic heterocycles. The minimum absolute atomic E-state index is 0.573. The Morgan fingerprint density at radius 2 is 1.89 bits per heavy atom. The topological polar surface area (TPSA) is 29.5 Å². The number of rotatable bonds is 4. The molecule has 0 saturated heterocycles. The summed E-state index contributed by atoms with van der Waals surface area (Å²) in [4.78, 5) is 0. The van der Waals surface area contributed by atoms with Crippen LogP contribution in [0.3, 0.4) is 0 Å². The van der Waals surface area contributed by atoms with Gasteiger partial charge in [-0.25, -0.2) is 0 Å². The summed E-state index contributed by atoms with van der Waals surface area (Å²) < 4.78 is 6.32. The van der Waals surface area contributed by atoms with Crippen molar-refractivity contribution in [3.8, 4) is 5.75 Å². The second-order valence-electron chi connectivity index (χ2n) is 4.42. The molecule has 0 heterocycles. The van der Waals surface area contributed by atoms with Crippen molar-refractivity contribution >= 4 is 15.9 Å². The van der Waals surface area contributed by atoms with E-state index in [2.05, 4.69) is 15.9 Å². The second-order valence-corrected chi connectivity index (χ2v) is 5.34. The maximum absolute atomic E-state index is 11.1. The van der Waals surface area contributed by atoms with Gasteiger partial charge in [-0.3, -0.25) is 0 Å². The molecular weight excluding hydrogens is 304 g/mol. The molecule has 1 N–H and O–H groups in total. The smallest absolute Gasteiger partial charge is 0.125 e. The highest BCUT2D eigenvalue weighted by atomic mass is 79.9. The Balaban J connectivity index is 2.59. The lowest BCUT2D eigenvalue weighted by Crippen LogP contribution is -2.26. The van der Waals surface area contributed by atoms with Crippen LogP contribution < -0.4 is 4.74 Å². The van der Waals surface area contributed by atoms with Crippen LogP contribution in [0.5, 0.6) is 5.75 Å². The van der Waals surface area contributed by atoms with Crippen molar-refractivity contribution in [2.45, 2.75) is 18.9 Å². The molecule has 0 bridgehead atoms. The number of aliphatic hydroxyl groups is 1. The van der Waals surface area contributed by atoms with E-state index in [-0.39, 0.29) is 0 Å². The lowest BCUT2D eigenvalue weighted by atomic mass is 9.83. The first-order chi connectivity index (χ1) is 9.11. The number of halogens is 1. The summed E-state index contributed by atoms with van der Waals surface area (Å²) in [5, 5.41) is 11.1. The molecule has 100 valence electrons. The van der Waals surface area contributed by atoms with Gasteiger partial charge in [-0.1, -0.05) is 53.2 Å². The Morgan fingerprint density at radius 1 is 1.16 bits per heavy atom. The maximum Gasteiger partial charge on any atom is 0.125 e. The Hall–Kier alpha value is -1.32. The predicted octanol–water partition coefficient (Wildman–Crippen LogP) is 4.10. The number of methoxy groups -OCH3 is 1. The third-order valence-corrected chi connectivity index (χ3v) is 3.86. The van der Waals surface area contributed by atoms with E-state index < -0.39 is 5.60 Å². The summed E-state index contributed by atoms with van der Waals surface area (Å²) in [5.41, 5.74) is 0.600. The molecule has 0 aliphatic rings. The van der Waals surface area contributed by atoms with E-state index in [4.69, 9.17) is 4.74 Å². The molecule has 2 rings (SSSR count). The average Bonchev–Trinajstić information content (AvgIpc) is 2.46. The van der Waals surface area contributed by atoms with Crippen molar-refractivity contribution in [3.63, 3.8) is 0 Å². The Labute approximate surface area is 122 Å². The minimum Gasteiger partial charge on any atom is -0.496 e. The van der Waals surface area contributed by atoms with Crippen LogP contribution >= 0.6 is 15.9 Å². The molecule has 0 aromatic heterocycles. The lowest BCUT2D eigenvalue weighted by Gasteiger charge is -2.29. The molecule has 0 radical (unpaired) electrons. The van der Waals surface area contributed by atoms with Gasteiger partial charge in [0, 0.05) is 10.0 Å². The quantitative estimate of drug-likeness (QED) is 0.918. The molecule has 1 unspecified atom stereocenters. The first-order valence-electron chi connectivity index (χ1n) is 6.23. The van der Waals surface area contributed by atoms with Crippen molar-refractivity contribution in [1.82, 2.24) is 0 Å². The van der Waals surface area contributed by atoms with Crippen LogP contribution in [-0.2, 0) is 5.60 Å². The van der Waals surface area contributed by atoms with E-state index in [9.17, 15) is 5.11 Å². The molecule has 2 aromatic carbocycles. The van der Waals surface area contributed by atoms with Gasteiger partial charge >= 0.3 is 0 Å². The van der Waals surface area contributed by atoms with Gasteiger partial charge in [0.15, 0.2) is 0 Å². The molecule has 3 heteroatoms. The van der Waals surface area contributed by atoms with Gasteiger partial charge in [0.25, 0.3) is 0 Å². The van der Waals surface area contributed by atoms with Gasteiger partial charge < -0.3 is 9.84 Å². The zero-order valence-corrected chi connectivity index (χ0v) is 12.6. The molecule has 0 saturated carbocycles. The fourth-order valence-corrected chi connectivity index (χ4v) is 2.68. The SMILES string of the molecule is CCC(O)(c1cccc(Br)c1)c1ccccc1OC. The highest BCUT2D eigenvalue weighted by molar-refractivity contribution is 9.10. The Kier molecular flexibility index (Phi) is 4.27. The fourth-order valence-electron chi connectivity index (χ4n) is 2.28. The minimum atomic E-state index is -1.05. The molecule has 0 amide bonds. The number of ether oxygens (including phenoxy) is 1. The van der Waals surface area contributed by atoms with Crippen LogP contribution in [-0.4, -0.2) is 12.2 Å². The summed E-state index contributed by atoms with van der Waals surface area (Å²) in [7, 11) is 1.62. The van der Waals surface area contributed by atoms with E-state index in [1.165, 1.54) is 0 Å². The summed E-state index contributed by atoms with van der Waals surface area (Å²) in [6, 6.07) is 15.3. The van der Waals surface area contributed by atoms with Crippen molar-refractivity contribution in [2.24, 2.45) is 0 Å². The van der Waals surface area contributed by atoms with Crippen LogP contribution in [0.1, 0.15) is 24.5 Å². The van der Waals surface area contributed by atoms with Crippen LogP contribution in [0.25, 0.3) is 0 Å². The fraction of sp³-hybridized carbons (Fsp3) is 0.250. The van der Waals surface area contributed by atoms with Crippen LogP contribution in [0.15, 0.2) is 53.0 Å². The van der Waals surface area contributed by atoms with Crippen LogP contribution in [0, 0.1) is 0 Å². The van der Waals surface area contributed by atoms with Crippen molar-refractivity contribution < 1.29 is 9.84 Å². The van der Waals surface area contributed by atoms with Crippen LogP contribution in [0.4, 0.5) is 0 Å². The van der Waals surface area contributed by atoms with Crippen molar-refractivity contribution in [1.29, 1.82) is 0 Å². The molecule has 1 atom stereocenters. The number of hydrogen-bond acceptors (Lipinski definition) is 2. The van der Waals surface area contributed by atoms with Crippen LogP contribution in [0.2, 0.25) is 0 Å².